The first kappa shape index (κ1) is 16.6. The summed E-state index contributed by atoms with van der Waals surface area (Å²) in [6.07, 6.45) is 4.16. The molecule has 0 saturated carbocycles. The van der Waals surface area contributed by atoms with E-state index in [0.29, 0.717) is 42.8 Å². The van der Waals surface area contributed by atoms with E-state index in [-0.39, 0.29) is 15.9 Å². The van der Waals surface area contributed by atoms with Crippen LogP contribution in [0.2, 0.25) is 0 Å². The normalized spacial score (nSPS) is 17.4. The second-order valence-corrected chi connectivity index (χ2v) is 9.07. The lowest BCUT2D eigenvalue weighted by Crippen LogP contribution is -2.37. The van der Waals surface area contributed by atoms with Crippen molar-refractivity contribution in [3.05, 3.63) is 41.7 Å². The van der Waals surface area contributed by atoms with Gasteiger partial charge in [-0.1, -0.05) is 0 Å². The molecular formula is C15H16FN5O2S2. The molecule has 0 unspecified atom stereocenters. The SMILES string of the molecule is Cc1cc(S(=O)(=O)N2CCC(c3cn4ncnc4cc3F)CC2)sn1. The second kappa shape index (κ2) is 6.11. The van der Waals surface area contributed by atoms with E-state index in [1.165, 1.54) is 16.7 Å². The van der Waals surface area contributed by atoms with Crippen molar-refractivity contribution in [1.82, 2.24) is 23.3 Å². The average molecular weight is 381 g/mol. The van der Waals surface area contributed by atoms with Crippen molar-refractivity contribution in [2.75, 3.05) is 13.1 Å². The van der Waals surface area contributed by atoms with Gasteiger partial charge in [-0.25, -0.2) is 22.3 Å². The van der Waals surface area contributed by atoms with Crippen LogP contribution in [-0.2, 0) is 10.0 Å². The Labute approximate surface area is 148 Å². The summed E-state index contributed by atoms with van der Waals surface area (Å²) in [5, 5.41) is 4.04. The molecule has 132 valence electrons. The molecule has 10 heteroatoms. The fourth-order valence-corrected chi connectivity index (χ4v) is 5.73. The van der Waals surface area contributed by atoms with Crippen molar-refractivity contribution in [3.63, 3.8) is 0 Å². The Kier molecular flexibility index (Phi) is 4.05. The second-order valence-electron chi connectivity index (χ2n) is 6.11. The number of aromatic nitrogens is 4. The molecule has 1 saturated heterocycles. The van der Waals surface area contributed by atoms with E-state index in [4.69, 9.17) is 0 Å². The molecule has 4 heterocycles. The Balaban J connectivity index is 1.53. The summed E-state index contributed by atoms with van der Waals surface area (Å²) in [6, 6.07) is 2.95. The molecule has 0 aromatic carbocycles. The number of aryl methyl sites for hydroxylation is 1. The van der Waals surface area contributed by atoms with Gasteiger partial charge >= 0.3 is 0 Å². The molecule has 3 aromatic heterocycles. The summed E-state index contributed by atoms with van der Waals surface area (Å²) in [5.74, 6) is -0.358. The molecule has 1 aliphatic rings. The quantitative estimate of drug-likeness (QED) is 0.695. The van der Waals surface area contributed by atoms with Gasteiger partial charge in [-0.2, -0.15) is 13.8 Å². The van der Waals surface area contributed by atoms with Gasteiger partial charge in [0.05, 0.1) is 5.69 Å². The first-order valence-electron chi connectivity index (χ1n) is 7.87. The molecule has 0 N–H and O–H groups in total. The molecule has 3 aromatic rings. The van der Waals surface area contributed by atoms with E-state index in [0.717, 1.165) is 11.5 Å². The summed E-state index contributed by atoms with van der Waals surface area (Å²) in [5.41, 5.74) is 1.71. The number of piperidine rings is 1. The van der Waals surface area contributed by atoms with Crippen LogP contribution in [0.5, 0.6) is 0 Å². The van der Waals surface area contributed by atoms with Gasteiger partial charge in [0.1, 0.15) is 12.1 Å². The van der Waals surface area contributed by atoms with E-state index in [2.05, 4.69) is 14.5 Å². The van der Waals surface area contributed by atoms with Crippen molar-refractivity contribution >= 4 is 27.2 Å². The van der Waals surface area contributed by atoms with Crippen LogP contribution in [0.1, 0.15) is 30.0 Å². The van der Waals surface area contributed by atoms with Crippen LogP contribution >= 0.6 is 11.5 Å². The summed E-state index contributed by atoms with van der Waals surface area (Å²) in [7, 11) is -3.51. The van der Waals surface area contributed by atoms with E-state index in [1.807, 2.05) is 0 Å². The smallest absolute Gasteiger partial charge is 0.221 e. The van der Waals surface area contributed by atoms with Gasteiger partial charge in [0.15, 0.2) is 9.86 Å². The van der Waals surface area contributed by atoms with E-state index in [1.54, 1.807) is 23.7 Å². The highest BCUT2D eigenvalue weighted by molar-refractivity contribution is 7.91. The zero-order valence-electron chi connectivity index (χ0n) is 13.5. The number of pyridine rings is 1. The Morgan fingerprint density at radius 3 is 2.72 bits per heavy atom. The zero-order chi connectivity index (χ0) is 17.6. The molecule has 1 aliphatic heterocycles. The first-order chi connectivity index (χ1) is 11.9. The number of nitrogens with zero attached hydrogens (tertiary/aromatic N) is 5. The molecule has 0 bridgehead atoms. The molecule has 7 nitrogen and oxygen atoms in total. The highest BCUT2D eigenvalue weighted by Gasteiger charge is 2.32. The number of rotatable bonds is 3. The molecule has 0 atom stereocenters. The summed E-state index contributed by atoms with van der Waals surface area (Å²) in [4.78, 5) is 3.97. The molecule has 0 aliphatic carbocycles. The maximum Gasteiger partial charge on any atom is 0.254 e. The highest BCUT2D eigenvalue weighted by Crippen LogP contribution is 2.33. The lowest BCUT2D eigenvalue weighted by Gasteiger charge is -2.31. The summed E-state index contributed by atoms with van der Waals surface area (Å²) >= 11 is 0.994. The molecule has 1 fully saturated rings. The number of hydrogen-bond donors (Lipinski definition) is 0. The van der Waals surface area contributed by atoms with Crippen LogP contribution in [0.15, 0.2) is 28.9 Å². The zero-order valence-corrected chi connectivity index (χ0v) is 15.1. The maximum absolute atomic E-state index is 14.4. The van der Waals surface area contributed by atoms with Crippen LogP contribution in [0.3, 0.4) is 0 Å². The molecular weight excluding hydrogens is 365 g/mol. The predicted octanol–water partition coefficient (Wildman–Crippen LogP) is 2.20. The van der Waals surface area contributed by atoms with E-state index in [9.17, 15) is 12.8 Å². The van der Waals surface area contributed by atoms with Crippen molar-refractivity contribution in [1.29, 1.82) is 0 Å². The van der Waals surface area contributed by atoms with Crippen LogP contribution in [0.25, 0.3) is 5.65 Å². The number of fused-ring (bicyclic) bond motifs is 1. The van der Waals surface area contributed by atoms with Crippen molar-refractivity contribution in [2.45, 2.75) is 29.9 Å². The van der Waals surface area contributed by atoms with Gasteiger partial charge in [0, 0.05) is 30.9 Å². The third-order valence-electron chi connectivity index (χ3n) is 4.49. The Morgan fingerprint density at radius 1 is 1.28 bits per heavy atom. The molecule has 0 amide bonds. The monoisotopic (exact) mass is 381 g/mol. The van der Waals surface area contributed by atoms with Gasteiger partial charge in [0.25, 0.3) is 10.0 Å². The third kappa shape index (κ3) is 2.94. The van der Waals surface area contributed by atoms with Crippen molar-refractivity contribution in [3.8, 4) is 0 Å². The molecule has 0 spiro atoms. The number of hydrogen-bond acceptors (Lipinski definition) is 6. The van der Waals surface area contributed by atoms with Gasteiger partial charge in [-0.15, -0.1) is 0 Å². The number of sulfonamides is 1. The maximum atomic E-state index is 14.4. The molecule has 25 heavy (non-hydrogen) atoms. The minimum Gasteiger partial charge on any atom is -0.221 e. The topological polar surface area (TPSA) is 80.5 Å². The fraction of sp³-hybridized carbons (Fsp3) is 0.400. The van der Waals surface area contributed by atoms with Crippen LogP contribution in [0.4, 0.5) is 4.39 Å². The van der Waals surface area contributed by atoms with Crippen LogP contribution in [-0.4, -0.2) is 44.8 Å². The first-order valence-corrected chi connectivity index (χ1v) is 10.1. The van der Waals surface area contributed by atoms with Gasteiger partial charge in [-0.05, 0) is 43.3 Å². The average Bonchev–Trinajstić information content (AvgIpc) is 3.23. The Morgan fingerprint density at radius 2 is 2.04 bits per heavy atom. The highest BCUT2D eigenvalue weighted by atomic mass is 32.2. The third-order valence-corrected chi connectivity index (χ3v) is 7.69. The lowest BCUT2D eigenvalue weighted by atomic mass is 9.91. The Hall–Kier alpha value is -1.91. The fourth-order valence-electron chi connectivity index (χ4n) is 3.15. The number of halogens is 1. The minimum absolute atomic E-state index is 0.0387. The van der Waals surface area contributed by atoms with E-state index >= 15 is 0 Å². The van der Waals surface area contributed by atoms with Gasteiger partial charge < -0.3 is 0 Å². The Bertz CT molecular complexity index is 1020. The van der Waals surface area contributed by atoms with Gasteiger partial charge in [0.2, 0.25) is 0 Å². The minimum atomic E-state index is -3.51. The summed E-state index contributed by atoms with van der Waals surface area (Å²) in [6.45, 7) is 2.49. The van der Waals surface area contributed by atoms with Crippen LogP contribution < -0.4 is 0 Å². The lowest BCUT2D eigenvalue weighted by molar-refractivity contribution is 0.315. The van der Waals surface area contributed by atoms with Crippen molar-refractivity contribution < 1.29 is 12.8 Å². The van der Waals surface area contributed by atoms with Crippen molar-refractivity contribution in [2.24, 2.45) is 0 Å². The summed E-state index contributed by atoms with van der Waals surface area (Å²) < 4.78 is 47.0. The largest absolute Gasteiger partial charge is 0.254 e. The van der Waals surface area contributed by atoms with Gasteiger partial charge in [-0.3, -0.25) is 0 Å². The standard InChI is InChI=1S/C15H16FN5O2S2/c1-10-6-15(24-19-10)25(22,23)20-4-2-11(3-5-20)12-8-21-14(7-13(12)16)17-9-18-21/h6-9,11H,2-5H2,1H3. The van der Waals surface area contributed by atoms with E-state index < -0.39 is 10.0 Å². The molecule has 0 radical (unpaired) electrons. The predicted molar refractivity (Wildman–Crippen MR) is 90.5 cm³/mol. The van der Waals surface area contributed by atoms with Crippen LogP contribution in [0, 0.1) is 12.7 Å². The molecule has 4 rings (SSSR count).